The Kier molecular flexibility index (Phi) is 5.55. The molecular weight excluding hydrogens is 432 g/mol. The fourth-order valence-corrected chi connectivity index (χ4v) is 3.90. The molecule has 0 unspecified atom stereocenters. The Morgan fingerprint density at radius 3 is 1.18 bits per heavy atom. The molecule has 2 aliphatic rings. The molecule has 8 bridgehead atoms. The van der Waals surface area contributed by atoms with Crippen molar-refractivity contribution in [1.82, 2.24) is 19.1 Å². The molecule has 0 spiro atoms. The van der Waals surface area contributed by atoms with Crippen LogP contribution < -0.4 is 0 Å². The van der Waals surface area contributed by atoms with Gasteiger partial charge in [-0.2, -0.15) is 0 Å². The van der Waals surface area contributed by atoms with Gasteiger partial charge in [-0.05, 0) is 86.7 Å². The molecule has 0 N–H and O–H groups in total. The fraction of sp³-hybridized carbons (Fsp3) is 0.154. The van der Waals surface area contributed by atoms with Gasteiger partial charge in [0.05, 0.1) is 58.1 Å². The van der Waals surface area contributed by atoms with E-state index >= 15 is 0 Å². The van der Waals surface area contributed by atoms with Gasteiger partial charge in [-0.1, -0.05) is 0 Å². The van der Waals surface area contributed by atoms with Crippen molar-refractivity contribution in [2.24, 2.45) is 0 Å². The van der Waals surface area contributed by atoms with Crippen LogP contribution in [-0.2, 0) is 9.47 Å². The second-order valence-corrected chi connectivity index (χ2v) is 7.60. The van der Waals surface area contributed by atoms with Crippen LogP contribution in [0.5, 0.6) is 0 Å². The maximum atomic E-state index is 12.7. The predicted octanol–water partition coefficient (Wildman–Crippen LogP) is 5.61. The largest absolute Gasteiger partial charge is 0.449 e. The number of carbonyl (C=O) groups excluding carboxylic acids is 2. The number of carbonyl (C=O) groups is 2. The van der Waals surface area contributed by atoms with Crippen LogP contribution in [-0.4, -0.2) is 44.5 Å². The van der Waals surface area contributed by atoms with Crippen molar-refractivity contribution in [1.29, 1.82) is 0 Å². The Balaban J connectivity index is 1.85. The molecule has 8 heteroatoms. The maximum absolute atomic E-state index is 12.7. The molecule has 0 fully saturated rings. The highest BCUT2D eigenvalue weighted by atomic mass is 16.6. The Morgan fingerprint density at radius 1 is 0.618 bits per heavy atom. The molecule has 2 aliphatic heterocycles. The fourth-order valence-electron chi connectivity index (χ4n) is 3.90. The van der Waals surface area contributed by atoms with Crippen molar-refractivity contribution in [2.45, 2.75) is 13.8 Å². The topological polar surface area (TPSA) is 88.2 Å². The summed E-state index contributed by atoms with van der Waals surface area (Å²) in [5, 5.41) is 0. The van der Waals surface area contributed by atoms with Gasteiger partial charge in [0.25, 0.3) is 0 Å². The van der Waals surface area contributed by atoms with Crippen LogP contribution in [0.4, 0.5) is 9.59 Å². The molecule has 0 radical (unpaired) electrons. The first-order valence-corrected chi connectivity index (χ1v) is 11.0. The van der Waals surface area contributed by atoms with Crippen LogP contribution in [0.2, 0.25) is 0 Å². The molecule has 0 amide bonds. The smallest absolute Gasteiger partial charge is 0.418 e. The van der Waals surface area contributed by atoms with Crippen molar-refractivity contribution >= 4 is 58.6 Å². The molecule has 34 heavy (non-hydrogen) atoms. The van der Waals surface area contributed by atoms with E-state index in [1.54, 1.807) is 13.8 Å². The van der Waals surface area contributed by atoms with E-state index < -0.39 is 12.2 Å². The minimum Gasteiger partial charge on any atom is -0.449 e. The Labute approximate surface area is 195 Å². The lowest BCUT2D eigenvalue weighted by Crippen LogP contribution is -2.13. The van der Waals surface area contributed by atoms with Gasteiger partial charge in [0, 0.05) is 0 Å². The number of ether oxygens (including phenoxy) is 2. The summed E-state index contributed by atoms with van der Waals surface area (Å²) in [6.07, 6.45) is 6.47. The van der Waals surface area contributed by atoms with Gasteiger partial charge in [0.15, 0.2) is 0 Å². The summed E-state index contributed by atoms with van der Waals surface area (Å²) in [6.45, 7) is 4.06. The Bertz CT molecular complexity index is 1320. The van der Waals surface area contributed by atoms with Crippen molar-refractivity contribution in [3.63, 3.8) is 0 Å². The second-order valence-electron chi connectivity index (χ2n) is 7.60. The molecule has 3 aromatic heterocycles. The molecule has 0 atom stereocenters. The van der Waals surface area contributed by atoms with E-state index in [1.165, 1.54) is 9.13 Å². The van der Waals surface area contributed by atoms with Gasteiger partial charge >= 0.3 is 12.2 Å². The van der Waals surface area contributed by atoms with Crippen LogP contribution in [0.1, 0.15) is 36.6 Å². The summed E-state index contributed by atoms with van der Waals surface area (Å²) in [7, 11) is 0. The highest BCUT2D eigenvalue weighted by Gasteiger charge is 2.13. The zero-order chi connectivity index (χ0) is 23.7. The minimum absolute atomic E-state index is 0.262. The van der Waals surface area contributed by atoms with E-state index in [0.29, 0.717) is 44.8 Å². The number of hydrogen-bond acceptors (Lipinski definition) is 6. The quantitative estimate of drug-likeness (QED) is 0.344. The molecule has 0 aliphatic carbocycles. The van der Waals surface area contributed by atoms with E-state index in [1.807, 2.05) is 72.8 Å². The van der Waals surface area contributed by atoms with Crippen LogP contribution >= 0.6 is 0 Å². The van der Waals surface area contributed by atoms with Gasteiger partial charge < -0.3 is 9.47 Å². The summed E-state index contributed by atoms with van der Waals surface area (Å²) in [5.41, 5.74) is 5.22. The summed E-state index contributed by atoms with van der Waals surface area (Å²) < 4.78 is 13.6. The molecular formula is C26H22N4O4. The average molecular weight is 454 g/mol. The first-order chi connectivity index (χ1) is 16.6. The van der Waals surface area contributed by atoms with E-state index in [-0.39, 0.29) is 13.2 Å². The minimum atomic E-state index is -0.471. The summed E-state index contributed by atoms with van der Waals surface area (Å²) >= 11 is 0. The van der Waals surface area contributed by atoms with Gasteiger partial charge in [0.1, 0.15) is 0 Å². The zero-order valence-electron chi connectivity index (χ0n) is 18.8. The van der Waals surface area contributed by atoms with Crippen LogP contribution in [0.15, 0.2) is 48.5 Å². The van der Waals surface area contributed by atoms with Crippen molar-refractivity contribution in [2.75, 3.05) is 13.2 Å². The molecule has 0 saturated carbocycles. The van der Waals surface area contributed by atoms with Gasteiger partial charge in [-0.3, -0.25) is 0 Å². The van der Waals surface area contributed by atoms with Crippen LogP contribution in [0.3, 0.4) is 0 Å². The van der Waals surface area contributed by atoms with E-state index in [4.69, 9.17) is 9.47 Å². The number of hydrogen-bond donors (Lipinski definition) is 0. The standard InChI is InChI=1S/C26H22N4O4/c1-3-33-25(31)29-21-9-10-22(29)14-18-6-8-20(28-18)16-24-12-11-23(30(24)26(32)34-4-2)15-19-7-5-17(13-21)27-19/h5-16H,3-4H2,1-2H3. The van der Waals surface area contributed by atoms with Gasteiger partial charge in [-0.25, -0.2) is 28.7 Å². The van der Waals surface area contributed by atoms with Gasteiger partial charge in [-0.15, -0.1) is 0 Å². The van der Waals surface area contributed by atoms with Crippen molar-refractivity contribution in [3.05, 3.63) is 71.3 Å². The molecule has 8 nitrogen and oxygen atoms in total. The van der Waals surface area contributed by atoms with Crippen molar-refractivity contribution < 1.29 is 19.1 Å². The molecule has 5 heterocycles. The highest BCUT2D eigenvalue weighted by Crippen LogP contribution is 2.21. The lowest BCUT2D eigenvalue weighted by molar-refractivity contribution is 0.155. The number of aromatic nitrogens is 4. The Hall–Kier alpha value is -4.46. The van der Waals surface area contributed by atoms with Gasteiger partial charge in [0.2, 0.25) is 0 Å². The SMILES string of the molecule is CCOC(=O)n1c2ccc1cc1nc(cc3ccc(cc4nc(c2)C=C4)n3C(=O)OCC)C=C1. The zero-order valence-corrected chi connectivity index (χ0v) is 18.8. The van der Waals surface area contributed by atoms with Crippen LogP contribution in [0, 0.1) is 0 Å². The third-order valence-corrected chi connectivity index (χ3v) is 5.33. The Morgan fingerprint density at radius 2 is 0.912 bits per heavy atom. The molecule has 3 aromatic rings. The third kappa shape index (κ3) is 4.01. The number of fused-ring (bicyclic) bond motifs is 8. The molecule has 170 valence electrons. The van der Waals surface area contributed by atoms with Crippen molar-refractivity contribution in [3.8, 4) is 0 Å². The maximum Gasteiger partial charge on any atom is 0.418 e. The molecule has 0 aromatic carbocycles. The third-order valence-electron chi connectivity index (χ3n) is 5.33. The number of rotatable bonds is 2. The second kappa shape index (κ2) is 8.82. The van der Waals surface area contributed by atoms with E-state index in [9.17, 15) is 9.59 Å². The normalized spacial score (nSPS) is 12.1. The monoisotopic (exact) mass is 454 g/mol. The summed E-state index contributed by atoms with van der Waals surface area (Å²) in [6, 6.07) is 14.6. The highest BCUT2D eigenvalue weighted by molar-refractivity contribution is 5.89. The first kappa shape index (κ1) is 21.4. The van der Waals surface area contributed by atoms with Crippen LogP contribution in [0.25, 0.3) is 46.4 Å². The summed E-state index contributed by atoms with van der Waals surface area (Å²) in [4.78, 5) is 34.7. The van der Waals surface area contributed by atoms with E-state index in [0.717, 1.165) is 0 Å². The predicted molar refractivity (Wildman–Crippen MR) is 131 cm³/mol. The molecule has 0 saturated heterocycles. The van der Waals surface area contributed by atoms with E-state index in [2.05, 4.69) is 9.97 Å². The lowest BCUT2D eigenvalue weighted by atomic mass is 10.3. The first-order valence-electron chi connectivity index (χ1n) is 11.0. The average Bonchev–Trinajstić information content (AvgIpc) is 3.58. The molecule has 5 rings (SSSR count). The summed E-state index contributed by atoms with van der Waals surface area (Å²) in [5.74, 6) is 0. The number of nitrogens with zero attached hydrogens (tertiary/aromatic N) is 4. The lowest BCUT2D eigenvalue weighted by Gasteiger charge is -2.05.